The fourth-order valence-corrected chi connectivity index (χ4v) is 8.67. The van der Waals surface area contributed by atoms with Gasteiger partial charge in [-0.3, -0.25) is 9.78 Å². The van der Waals surface area contributed by atoms with Crippen LogP contribution >= 0.6 is 23.1 Å². The summed E-state index contributed by atoms with van der Waals surface area (Å²) in [5.41, 5.74) is 2.25. The molecule has 2 aliphatic carbocycles. The Hall–Kier alpha value is -1.44. The van der Waals surface area contributed by atoms with Crippen molar-refractivity contribution >= 4 is 29.0 Å². The van der Waals surface area contributed by atoms with E-state index in [9.17, 15) is 9.90 Å². The summed E-state index contributed by atoms with van der Waals surface area (Å²) in [5, 5.41) is 12.7. The molecule has 5 rings (SSSR count). The number of carbonyl (C=O) groups excluding carboxylic acids is 1. The lowest BCUT2D eigenvalue weighted by Gasteiger charge is -2.53. The summed E-state index contributed by atoms with van der Waals surface area (Å²) in [6.07, 6.45) is 6.12. The SMILES string of the molecule is CC(C(=O)N1CCSCC1)C1CCC2(C)Cc3sc(-c4cccnc4)nc3C(C)C2C1O. The highest BCUT2D eigenvalue weighted by Crippen LogP contribution is 2.57. The molecular weight excluding hydrogens is 438 g/mol. The molecule has 1 amide bonds. The van der Waals surface area contributed by atoms with Gasteiger partial charge >= 0.3 is 0 Å². The molecule has 3 heterocycles. The Bertz CT molecular complexity index is 975. The molecule has 0 spiro atoms. The predicted octanol–water partition coefficient (Wildman–Crippen LogP) is 4.47. The van der Waals surface area contributed by atoms with Crippen molar-refractivity contribution in [2.24, 2.45) is 23.2 Å². The molecule has 172 valence electrons. The van der Waals surface area contributed by atoms with Crippen LogP contribution in [0.1, 0.15) is 50.1 Å². The van der Waals surface area contributed by atoms with E-state index in [0.29, 0.717) is 0 Å². The Kier molecular flexibility index (Phi) is 6.10. The van der Waals surface area contributed by atoms with Crippen LogP contribution in [-0.2, 0) is 11.2 Å². The van der Waals surface area contributed by atoms with Gasteiger partial charge in [0.05, 0.1) is 11.8 Å². The average molecular weight is 472 g/mol. The molecule has 32 heavy (non-hydrogen) atoms. The van der Waals surface area contributed by atoms with Crippen molar-refractivity contribution in [3.05, 3.63) is 35.1 Å². The van der Waals surface area contributed by atoms with E-state index in [0.717, 1.165) is 60.1 Å². The first-order chi connectivity index (χ1) is 15.4. The molecule has 1 saturated heterocycles. The summed E-state index contributed by atoms with van der Waals surface area (Å²) in [4.78, 5) is 25.9. The Morgan fingerprint density at radius 2 is 2.12 bits per heavy atom. The lowest BCUT2D eigenvalue weighted by molar-refractivity contribution is -0.144. The molecule has 6 unspecified atom stereocenters. The molecular formula is C25H33N3O2S2. The van der Waals surface area contributed by atoms with Gasteiger partial charge in [-0.1, -0.05) is 20.8 Å². The number of thiazole rings is 1. The number of carbonyl (C=O) groups is 1. The lowest BCUT2D eigenvalue weighted by atomic mass is 9.53. The number of aliphatic hydroxyl groups is 1. The molecule has 0 radical (unpaired) electrons. The normalized spacial score (nSPS) is 33.3. The summed E-state index contributed by atoms with van der Waals surface area (Å²) in [7, 11) is 0. The van der Waals surface area contributed by atoms with Crippen molar-refractivity contribution in [3.8, 4) is 10.6 Å². The standard InChI is InChI=1S/C25H33N3O2S2/c1-15(24(30)28-9-11-31-12-10-28)18-6-7-25(3)13-19-21(16(2)20(25)22(18)29)27-23(32-19)17-5-4-8-26-14-17/h4-5,8,14-16,18,20,22,29H,6-7,9-13H2,1-3H3. The van der Waals surface area contributed by atoms with Crippen molar-refractivity contribution in [2.75, 3.05) is 24.6 Å². The van der Waals surface area contributed by atoms with Gasteiger partial charge in [0.25, 0.3) is 0 Å². The van der Waals surface area contributed by atoms with Gasteiger partial charge in [-0.2, -0.15) is 11.8 Å². The highest BCUT2D eigenvalue weighted by Gasteiger charge is 2.54. The third-order valence-corrected chi connectivity index (χ3v) is 10.2. The van der Waals surface area contributed by atoms with Crippen molar-refractivity contribution in [3.63, 3.8) is 0 Å². The first-order valence-corrected chi connectivity index (χ1v) is 13.8. The first kappa shape index (κ1) is 22.4. The number of hydrogen-bond acceptors (Lipinski definition) is 6. The number of fused-ring (bicyclic) bond motifs is 2. The second-order valence-electron chi connectivity index (χ2n) is 10.1. The Morgan fingerprint density at radius 1 is 1.34 bits per heavy atom. The van der Waals surface area contributed by atoms with Crippen LogP contribution in [0.25, 0.3) is 10.6 Å². The maximum Gasteiger partial charge on any atom is 0.225 e. The minimum atomic E-state index is -0.474. The minimum absolute atomic E-state index is 0.0237. The number of rotatable bonds is 3. The van der Waals surface area contributed by atoms with Gasteiger partial charge in [0.15, 0.2) is 0 Å². The van der Waals surface area contributed by atoms with Gasteiger partial charge in [0, 0.05) is 59.3 Å². The molecule has 0 bridgehead atoms. The highest BCUT2D eigenvalue weighted by molar-refractivity contribution is 7.99. The summed E-state index contributed by atoms with van der Waals surface area (Å²) >= 11 is 3.70. The topological polar surface area (TPSA) is 66.3 Å². The van der Waals surface area contributed by atoms with E-state index in [4.69, 9.17) is 4.98 Å². The Labute approximate surface area is 199 Å². The van der Waals surface area contributed by atoms with Crippen LogP contribution in [0.2, 0.25) is 0 Å². The van der Waals surface area contributed by atoms with Gasteiger partial charge in [-0.25, -0.2) is 4.98 Å². The first-order valence-electron chi connectivity index (χ1n) is 11.8. The van der Waals surface area contributed by atoms with E-state index in [-0.39, 0.29) is 35.0 Å². The Balaban J connectivity index is 1.40. The fourth-order valence-electron chi connectivity index (χ4n) is 6.41. The molecule has 2 fully saturated rings. The Morgan fingerprint density at radius 3 is 2.84 bits per heavy atom. The average Bonchev–Trinajstić information content (AvgIpc) is 3.23. The fraction of sp³-hybridized carbons (Fsp3) is 0.640. The van der Waals surface area contributed by atoms with E-state index in [1.54, 1.807) is 17.5 Å². The molecule has 2 aromatic heterocycles. The van der Waals surface area contributed by atoms with Gasteiger partial charge in [-0.15, -0.1) is 11.3 Å². The van der Waals surface area contributed by atoms with Gasteiger partial charge in [-0.05, 0) is 48.6 Å². The molecule has 1 aliphatic heterocycles. The highest BCUT2D eigenvalue weighted by atomic mass is 32.2. The number of thioether (sulfide) groups is 1. The van der Waals surface area contributed by atoms with Crippen LogP contribution in [0.3, 0.4) is 0 Å². The van der Waals surface area contributed by atoms with Crippen molar-refractivity contribution < 1.29 is 9.90 Å². The maximum atomic E-state index is 13.2. The van der Waals surface area contributed by atoms with Crippen LogP contribution < -0.4 is 0 Å². The van der Waals surface area contributed by atoms with Crippen LogP contribution in [0, 0.1) is 23.2 Å². The zero-order valence-corrected chi connectivity index (χ0v) is 20.8. The van der Waals surface area contributed by atoms with Crippen LogP contribution in [0.4, 0.5) is 0 Å². The lowest BCUT2D eigenvalue weighted by Crippen LogP contribution is -2.54. The summed E-state index contributed by atoms with van der Waals surface area (Å²) in [6.45, 7) is 8.30. The van der Waals surface area contributed by atoms with Crippen molar-refractivity contribution in [1.29, 1.82) is 0 Å². The van der Waals surface area contributed by atoms with E-state index in [1.165, 1.54) is 4.88 Å². The molecule has 0 aromatic carbocycles. The smallest absolute Gasteiger partial charge is 0.225 e. The number of pyridine rings is 1. The third kappa shape index (κ3) is 3.80. The minimum Gasteiger partial charge on any atom is -0.392 e. The third-order valence-electron chi connectivity index (χ3n) is 8.19. The quantitative estimate of drug-likeness (QED) is 0.715. The molecule has 7 heteroatoms. The number of amides is 1. The summed E-state index contributed by atoms with van der Waals surface area (Å²) in [6, 6.07) is 4.02. The van der Waals surface area contributed by atoms with Gasteiger partial charge in [0.2, 0.25) is 5.91 Å². The summed E-state index contributed by atoms with van der Waals surface area (Å²) < 4.78 is 0. The second kappa shape index (κ2) is 8.73. The number of aromatic nitrogens is 2. The van der Waals surface area contributed by atoms with E-state index in [1.807, 2.05) is 35.8 Å². The van der Waals surface area contributed by atoms with Crippen molar-refractivity contribution in [2.45, 2.75) is 52.1 Å². The molecule has 5 nitrogen and oxygen atoms in total. The molecule has 1 N–H and O–H groups in total. The second-order valence-corrected chi connectivity index (χ2v) is 12.4. The van der Waals surface area contributed by atoms with Gasteiger partial charge < -0.3 is 10.0 Å². The zero-order chi connectivity index (χ0) is 22.5. The predicted molar refractivity (Wildman–Crippen MR) is 131 cm³/mol. The molecule has 2 aromatic rings. The molecule has 1 saturated carbocycles. The number of nitrogens with zero attached hydrogens (tertiary/aromatic N) is 3. The zero-order valence-electron chi connectivity index (χ0n) is 19.2. The number of hydrogen-bond donors (Lipinski definition) is 1. The number of aliphatic hydroxyl groups excluding tert-OH is 1. The maximum absolute atomic E-state index is 13.2. The van der Waals surface area contributed by atoms with E-state index >= 15 is 0 Å². The van der Waals surface area contributed by atoms with Crippen LogP contribution in [0.5, 0.6) is 0 Å². The molecule has 3 aliphatic rings. The summed E-state index contributed by atoms with van der Waals surface area (Å²) in [5.74, 6) is 2.48. The van der Waals surface area contributed by atoms with Crippen LogP contribution in [-0.4, -0.2) is 56.6 Å². The molecule has 6 atom stereocenters. The largest absolute Gasteiger partial charge is 0.392 e. The van der Waals surface area contributed by atoms with Crippen molar-refractivity contribution in [1.82, 2.24) is 14.9 Å². The van der Waals surface area contributed by atoms with E-state index in [2.05, 4.69) is 24.9 Å². The van der Waals surface area contributed by atoms with Crippen LogP contribution in [0.15, 0.2) is 24.5 Å². The monoisotopic (exact) mass is 471 g/mol. The van der Waals surface area contributed by atoms with E-state index < -0.39 is 6.10 Å². The van der Waals surface area contributed by atoms with Gasteiger partial charge in [0.1, 0.15) is 5.01 Å².